The largest absolute Gasteiger partial charge is 0.315 e. The molecule has 1 aromatic carbocycles. The number of aryl methyl sites for hydroxylation is 1. The summed E-state index contributed by atoms with van der Waals surface area (Å²) < 4.78 is 55.7. The van der Waals surface area contributed by atoms with Gasteiger partial charge in [0, 0.05) is 25.4 Å². The normalized spacial score (nSPS) is 11.6. The van der Waals surface area contributed by atoms with E-state index in [0.29, 0.717) is 0 Å². The summed E-state index contributed by atoms with van der Waals surface area (Å²) in [5, 5.41) is 6.39. The van der Waals surface area contributed by atoms with Gasteiger partial charge in [-0.2, -0.15) is 5.10 Å². The Bertz CT molecular complexity index is 759. The van der Waals surface area contributed by atoms with Crippen LogP contribution in [0.15, 0.2) is 29.4 Å². The van der Waals surface area contributed by atoms with Gasteiger partial charge in [-0.15, -0.1) is 0 Å². The minimum absolute atomic E-state index is 0.117. The summed E-state index contributed by atoms with van der Waals surface area (Å²) in [6.07, 6.45) is 2.71. The Labute approximate surface area is 120 Å². The van der Waals surface area contributed by atoms with Crippen molar-refractivity contribution in [1.82, 2.24) is 15.1 Å². The lowest BCUT2D eigenvalue weighted by Gasteiger charge is -2.11. The first kappa shape index (κ1) is 15.4. The Balaban J connectivity index is 2.42. The Morgan fingerprint density at radius 1 is 1.33 bits per heavy atom. The number of anilines is 1. The second-order valence-electron chi connectivity index (χ2n) is 4.38. The van der Waals surface area contributed by atoms with Crippen molar-refractivity contribution in [2.24, 2.45) is 7.05 Å². The van der Waals surface area contributed by atoms with Gasteiger partial charge >= 0.3 is 0 Å². The van der Waals surface area contributed by atoms with Gasteiger partial charge < -0.3 is 5.32 Å². The number of halogens is 2. The molecule has 0 unspecified atom stereocenters. The van der Waals surface area contributed by atoms with E-state index < -0.39 is 26.6 Å². The maximum absolute atomic E-state index is 14.2. The van der Waals surface area contributed by atoms with Crippen LogP contribution < -0.4 is 10.0 Å². The summed E-state index contributed by atoms with van der Waals surface area (Å²) >= 11 is 0. The second-order valence-corrected chi connectivity index (χ2v) is 6.03. The molecule has 0 bridgehead atoms. The molecule has 0 aliphatic heterocycles. The number of hydrogen-bond donors (Lipinski definition) is 2. The number of nitrogens with zero attached hydrogens (tertiary/aromatic N) is 2. The topological polar surface area (TPSA) is 76.0 Å². The molecule has 0 amide bonds. The van der Waals surface area contributed by atoms with Crippen molar-refractivity contribution in [1.29, 1.82) is 0 Å². The predicted molar refractivity (Wildman–Crippen MR) is 73.1 cm³/mol. The molecule has 114 valence electrons. The number of sulfonamides is 1. The summed E-state index contributed by atoms with van der Waals surface area (Å²) in [7, 11) is -1.04. The van der Waals surface area contributed by atoms with Gasteiger partial charge in [0.1, 0.15) is 10.7 Å². The molecule has 1 aromatic heterocycles. The van der Waals surface area contributed by atoms with E-state index in [1.807, 2.05) is 0 Å². The lowest BCUT2D eigenvalue weighted by molar-refractivity contribution is 0.522. The molecule has 0 aliphatic carbocycles. The zero-order chi connectivity index (χ0) is 15.6. The lowest BCUT2D eigenvalue weighted by atomic mass is 10.2. The van der Waals surface area contributed by atoms with Crippen molar-refractivity contribution in [3.05, 3.63) is 41.7 Å². The van der Waals surface area contributed by atoms with E-state index >= 15 is 0 Å². The van der Waals surface area contributed by atoms with E-state index in [4.69, 9.17) is 0 Å². The van der Waals surface area contributed by atoms with Crippen molar-refractivity contribution in [2.75, 3.05) is 11.8 Å². The SMILES string of the molecule is CNCc1c(F)ccc(S(=O)(=O)Nc2cnn(C)c2)c1F. The van der Waals surface area contributed by atoms with Crippen LogP contribution in [-0.4, -0.2) is 25.2 Å². The fraction of sp³-hybridized carbons (Fsp3) is 0.250. The summed E-state index contributed by atoms with van der Waals surface area (Å²) in [6.45, 7) is -0.117. The van der Waals surface area contributed by atoms with Crippen LogP contribution in [0.5, 0.6) is 0 Å². The molecule has 0 atom stereocenters. The first-order valence-electron chi connectivity index (χ1n) is 5.98. The molecule has 0 saturated carbocycles. The number of aromatic nitrogens is 2. The lowest BCUT2D eigenvalue weighted by Crippen LogP contribution is -2.17. The summed E-state index contributed by atoms with van der Waals surface area (Å²) in [4.78, 5) is -0.613. The Kier molecular flexibility index (Phi) is 4.24. The Hall–Kier alpha value is -2.00. The van der Waals surface area contributed by atoms with Crippen molar-refractivity contribution in [3.63, 3.8) is 0 Å². The molecule has 2 N–H and O–H groups in total. The van der Waals surface area contributed by atoms with Crippen molar-refractivity contribution in [2.45, 2.75) is 11.4 Å². The van der Waals surface area contributed by atoms with E-state index in [1.165, 1.54) is 24.1 Å². The van der Waals surface area contributed by atoms with Gasteiger partial charge in [-0.25, -0.2) is 17.2 Å². The number of nitrogens with one attached hydrogen (secondary N) is 2. The highest BCUT2D eigenvalue weighted by Crippen LogP contribution is 2.23. The standard InChI is InChI=1S/C12H14F2N4O2S/c1-15-6-9-10(13)3-4-11(12(9)14)21(19,20)17-8-5-16-18(2)7-8/h3-5,7,15,17H,6H2,1-2H3. The number of rotatable bonds is 5. The van der Waals surface area contributed by atoms with Crippen molar-refractivity contribution < 1.29 is 17.2 Å². The average Bonchev–Trinajstić information content (AvgIpc) is 2.78. The van der Waals surface area contributed by atoms with Crippen LogP contribution in [0, 0.1) is 11.6 Å². The van der Waals surface area contributed by atoms with Crippen molar-refractivity contribution in [3.8, 4) is 0 Å². The fourth-order valence-electron chi connectivity index (χ4n) is 1.81. The Morgan fingerprint density at radius 3 is 2.62 bits per heavy atom. The van der Waals surface area contributed by atoms with Gasteiger partial charge in [-0.3, -0.25) is 9.40 Å². The van der Waals surface area contributed by atoms with Gasteiger partial charge in [-0.1, -0.05) is 0 Å². The molecule has 0 fully saturated rings. The van der Waals surface area contributed by atoms with Gasteiger partial charge in [0.15, 0.2) is 5.82 Å². The van der Waals surface area contributed by atoms with Gasteiger partial charge in [0.2, 0.25) is 0 Å². The van der Waals surface area contributed by atoms with Crippen LogP contribution in [0.4, 0.5) is 14.5 Å². The third kappa shape index (κ3) is 3.19. The first-order valence-corrected chi connectivity index (χ1v) is 7.46. The molecule has 2 rings (SSSR count). The van der Waals surface area contributed by atoms with Crippen molar-refractivity contribution >= 4 is 15.7 Å². The molecule has 9 heteroatoms. The molecule has 6 nitrogen and oxygen atoms in total. The molecule has 0 aliphatic rings. The van der Waals surface area contributed by atoms with E-state index in [0.717, 1.165) is 12.1 Å². The molecular weight excluding hydrogens is 302 g/mol. The smallest absolute Gasteiger partial charge is 0.264 e. The maximum Gasteiger partial charge on any atom is 0.264 e. The molecule has 0 radical (unpaired) electrons. The third-order valence-corrected chi connectivity index (χ3v) is 4.15. The Morgan fingerprint density at radius 2 is 2.05 bits per heavy atom. The summed E-state index contributed by atoms with van der Waals surface area (Å²) in [6, 6.07) is 1.82. The van der Waals surface area contributed by atoms with Crippen LogP contribution >= 0.6 is 0 Å². The van der Waals surface area contributed by atoms with Crippen LogP contribution in [0.1, 0.15) is 5.56 Å². The highest BCUT2D eigenvalue weighted by molar-refractivity contribution is 7.92. The van der Waals surface area contributed by atoms with Crippen LogP contribution in [0.2, 0.25) is 0 Å². The number of benzene rings is 1. The van der Waals surface area contributed by atoms with Crippen LogP contribution in [0.3, 0.4) is 0 Å². The number of hydrogen-bond acceptors (Lipinski definition) is 4. The molecule has 1 heterocycles. The van der Waals surface area contributed by atoms with Crippen LogP contribution in [0.25, 0.3) is 0 Å². The zero-order valence-electron chi connectivity index (χ0n) is 11.4. The fourth-order valence-corrected chi connectivity index (χ4v) is 2.94. The maximum atomic E-state index is 14.2. The highest BCUT2D eigenvalue weighted by Gasteiger charge is 2.23. The monoisotopic (exact) mass is 316 g/mol. The third-order valence-electron chi connectivity index (χ3n) is 2.75. The molecular formula is C12H14F2N4O2S. The minimum atomic E-state index is -4.16. The minimum Gasteiger partial charge on any atom is -0.315 e. The van der Waals surface area contributed by atoms with E-state index in [1.54, 1.807) is 7.05 Å². The first-order chi connectivity index (χ1) is 9.85. The molecule has 0 spiro atoms. The molecule has 0 saturated heterocycles. The van der Waals surface area contributed by atoms with Gasteiger partial charge in [0.05, 0.1) is 11.9 Å². The van der Waals surface area contributed by atoms with E-state index in [-0.39, 0.29) is 17.8 Å². The predicted octanol–water partition coefficient (Wildman–Crippen LogP) is 1.22. The zero-order valence-corrected chi connectivity index (χ0v) is 12.2. The van der Waals surface area contributed by atoms with E-state index in [9.17, 15) is 17.2 Å². The average molecular weight is 316 g/mol. The highest BCUT2D eigenvalue weighted by atomic mass is 32.2. The second kappa shape index (κ2) is 5.78. The van der Waals surface area contributed by atoms with E-state index in [2.05, 4.69) is 15.1 Å². The van der Waals surface area contributed by atoms with Gasteiger partial charge in [-0.05, 0) is 19.2 Å². The van der Waals surface area contributed by atoms with Gasteiger partial charge in [0.25, 0.3) is 10.0 Å². The summed E-state index contributed by atoms with van der Waals surface area (Å²) in [5.41, 5.74) is -0.136. The summed E-state index contributed by atoms with van der Waals surface area (Å²) in [5.74, 6) is -1.91. The quantitative estimate of drug-likeness (QED) is 0.869. The van der Waals surface area contributed by atoms with Crippen LogP contribution in [-0.2, 0) is 23.6 Å². The molecule has 21 heavy (non-hydrogen) atoms. The molecule has 2 aromatic rings.